The van der Waals surface area contributed by atoms with Gasteiger partial charge in [0, 0.05) is 25.3 Å². The number of halogens is 1. The summed E-state index contributed by atoms with van der Waals surface area (Å²) < 4.78 is 5.28. The molecule has 0 atom stereocenters. The van der Waals surface area contributed by atoms with Gasteiger partial charge in [-0.3, -0.25) is 10.7 Å². The molecule has 1 aromatic carbocycles. The lowest BCUT2D eigenvalue weighted by atomic mass is 10.2. The Kier molecular flexibility index (Phi) is 7.98. The molecule has 1 heterocycles. The number of nitrogens with one attached hydrogen (secondary N) is 1. The van der Waals surface area contributed by atoms with E-state index in [1.807, 2.05) is 24.3 Å². The van der Waals surface area contributed by atoms with Crippen LogP contribution in [-0.4, -0.2) is 50.6 Å². The number of nitrogens with two attached hydrogens (primary N) is 1. The van der Waals surface area contributed by atoms with Crippen molar-refractivity contribution < 1.29 is 9.57 Å². The molecule has 0 aromatic heterocycles. The Morgan fingerprint density at radius 2 is 2.00 bits per heavy atom. The summed E-state index contributed by atoms with van der Waals surface area (Å²) in [7, 11) is 0. The van der Waals surface area contributed by atoms with E-state index in [4.69, 9.17) is 15.4 Å². The number of benzene rings is 1. The van der Waals surface area contributed by atoms with Crippen molar-refractivity contribution in [2.45, 2.75) is 0 Å². The standard InChI is InChI=1S/C13H20N4O2.ClH/c14-16-13-3-1-12(2-4-13)11-15-19-10-7-17-5-8-18-9-6-17;/h1-4,11,16H,5-10,14H2;1H/b15-11+;. The number of hydrogen-bond acceptors (Lipinski definition) is 6. The van der Waals surface area contributed by atoms with Crippen LogP contribution in [0.25, 0.3) is 0 Å². The van der Waals surface area contributed by atoms with Crippen LogP contribution < -0.4 is 11.3 Å². The van der Waals surface area contributed by atoms with Gasteiger partial charge in [0.2, 0.25) is 0 Å². The average molecular weight is 301 g/mol. The molecule has 2 rings (SSSR count). The molecule has 7 heteroatoms. The van der Waals surface area contributed by atoms with Gasteiger partial charge in [-0.25, -0.2) is 0 Å². The molecule has 1 aliphatic rings. The van der Waals surface area contributed by atoms with Gasteiger partial charge in [-0.05, 0) is 17.7 Å². The Labute approximate surface area is 125 Å². The van der Waals surface area contributed by atoms with Crippen molar-refractivity contribution in [2.24, 2.45) is 11.0 Å². The smallest absolute Gasteiger partial charge is 0.129 e. The lowest BCUT2D eigenvalue weighted by Crippen LogP contribution is -2.38. The number of hydrogen-bond donors (Lipinski definition) is 2. The molecule has 0 unspecified atom stereocenters. The SMILES string of the molecule is Cl.NNc1ccc(/C=N/OCCN2CCOCC2)cc1. The zero-order chi connectivity index (χ0) is 13.3. The van der Waals surface area contributed by atoms with Crippen molar-refractivity contribution in [1.29, 1.82) is 0 Å². The van der Waals surface area contributed by atoms with E-state index in [1.165, 1.54) is 0 Å². The first-order valence-corrected chi connectivity index (χ1v) is 6.40. The predicted molar refractivity (Wildman–Crippen MR) is 82.3 cm³/mol. The van der Waals surface area contributed by atoms with E-state index in [9.17, 15) is 0 Å². The van der Waals surface area contributed by atoms with E-state index < -0.39 is 0 Å². The van der Waals surface area contributed by atoms with E-state index in [-0.39, 0.29) is 12.4 Å². The molecule has 20 heavy (non-hydrogen) atoms. The monoisotopic (exact) mass is 300 g/mol. The summed E-state index contributed by atoms with van der Waals surface area (Å²) in [5, 5.41) is 3.95. The van der Waals surface area contributed by atoms with Crippen LogP contribution in [0.3, 0.4) is 0 Å². The third-order valence-corrected chi connectivity index (χ3v) is 2.96. The molecular weight excluding hydrogens is 280 g/mol. The van der Waals surface area contributed by atoms with Gasteiger partial charge in [-0.2, -0.15) is 0 Å². The summed E-state index contributed by atoms with van der Waals surface area (Å²) in [6.07, 6.45) is 1.69. The van der Waals surface area contributed by atoms with Crippen molar-refractivity contribution in [3.8, 4) is 0 Å². The summed E-state index contributed by atoms with van der Waals surface area (Å²) in [5.74, 6) is 5.29. The lowest BCUT2D eigenvalue weighted by molar-refractivity contribution is 0.0214. The third-order valence-electron chi connectivity index (χ3n) is 2.96. The first-order chi connectivity index (χ1) is 9.38. The summed E-state index contributed by atoms with van der Waals surface area (Å²) in [6.45, 7) is 5.05. The second-order valence-corrected chi connectivity index (χ2v) is 4.29. The molecule has 3 N–H and O–H groups in total. The van der Waals surface area contributed by atoms with E-state index in [2.05, 4.69) is 15.5 Å². The largest absolute Gasteiger partial charge is 0.394 e. The maximum absolute atomic E-state index is 5.29. The van der Waals surface area contributed by atoms with Gasteiger partial charge in [0.25, 0.3) is 0 Å². The van der Waals surface area contributed by atoms with Gasteiger partial charge >= 0.3 is 0 Å². The van der Waals surface area contributed by atoms with Crippen LogP contribution in [0.1, 0.15) is 5.56 Å². The van der Waals surface area contributed by atoms with E-state index in [0.29, 0.717) is 6.61 Å². The normalized spacial score (nSPS) is 15.8. The van der Waals surface area contributed by atoms with Crippen molar-refractivity contribution in [1.82, 2.24) is 4.90 Å². The zero-order valence-electron chi connectivity index (χ0n) is 11.3. The van der Waals surface area contributed by atoms with Gasteiger partial charge < -0.3 is 15.0 Å². The molecule has 112 valence electrons. The van der Waals surface area contributed by atoms with Crippen LogP contribution in [0.2, 0.25) is 0 Å². The van der Waals surface area contributed by atoms with Crippen LogP contribution in [0.5, 0.6) is 0 Å². The molecular formula is C13H21ClN4O2. The average Bonchev–Trinajstić information content (AvgIpc) is 2.49. The van der Waals surface area contributed by atoms with Crippen molar-refractivity contribution in [3.63, 3.8) is 0 Å². The highest BCUT2D eigenvalue weighted by Gasteiger charge is 2.09. The van der Waals surface area contributed by atoms with Crippen molar-refractivity contribution >= 4 is 24.3 Å². The molecule has 1 aromatic rings. The number of oxime groups is 1. The lowest BCUT2D eigenvalue weighted by Gasteiger charge is -2.25. The van der Waals surface area contributed by atoms with Gasteiger partial charge in [0.1, 0.15) is 6.61 Å². The second-order valence-electron chi connectivity index (χ2n) is 4.29. The summed E-state index contributed by atoms with van der Waals surface area (Å²) in [5.41, 5.74) is 4.42. The quantitative estimate of drug-likeness (QED) is 0.356. The predicted octanol–water partition coefficient (Wildman–Crippen LogP) is 1.08. The summed E-state index contributed by atoms with van der Waals surface area (Å²) >= 11 is 0. The molecule has 1 fully saturated rings. The molecule has 0 amide bonds. The topological polar surface area (TPSA) is 72.1 Å². The minimum atomic E-state index is 0. The molecule has 0 spiro atoms. The minimum Gasteiger partial charge on any atom is -0.394 e. The molecule has 0 radical (unpaired) electrons. The zero-order valence-corrected chi connectivity index (χ0v) is 12.1. The van der Waals surface area contributed by atoms with Crippen molar-refractivity contribution in [3.05, 3.63) is 29.8 Å². The number of nitrogens with zero attached hydrogens (tertiary/aromatic N) is 2. The number of anilines is 1. The molecule has 1 aliphatic heterocycles. The summed E-state index contributed by atoms with van der Waals surface area (Å²) in [6, 6.07) is 7.61. The van der Waals surface area contributed by atoms with Crippen LogP contribution in [0.4, 0.5) is 5.69 Å². The van der Waals surface area contributed by atoms with E-state index in [1.54, 1.807) is 6.21 Å². The molecule has 0 aliphatic carbocycles. The highest BCUT2D eigenvalue weighted by atomic mass is 35.5. The van der Waals surface area contributed by atoms with Crippen LogP contribution in [-0.2, 0) is 9.57 Å². The fourth-order valence-electron chi connectivity index (χ4n) is 1.81. The van der Waals surface area contributed by atoms with Crippen LogP contribution in [0, 0.1) is 0 Å². The number of hydrazine groups is 1. The summed E-state index contributed by atoms with van der Waals surface area (Å²) in [4.78, 5) is 7.55. The van der Waals surface area contributed by atoms with Crippen LogP contribution in [0.15, 0.2) is 29.4 Å². The van der Waals surface area contributed by atoms with Crippen molar-refractivity contribution in [2.75, 3.05) is 44.9 Å². The fourth-order valence-corrected chi connectivity index (χ4v) is 1.81. The minimum absolute atomic E-state index is 0. The third kappa shape index (κ3) is 5.75. The molecule has 1 saturated heterocycles. The Balaban J connectivity index is 0.00000200. The van der Waals surface area contributed by atoms with Gasteiger partial charge in [-0.15, -0.1) is 12.4 Å². The second kappa shape index (κ2) is 9.55. The molecule has 6 nitrogen and oxygen atoms in total. The number of morpholine rings is 1. The van der Waals surface area contributed by atoms with E-state index in [0.717, 1.165) is 44.1 Å². The van der Waals surface area contributed by atoms with Crippen LogP contribution >= 0.6 is 12.4 Å². The maximum Gasteiger partial charge on any atom is 0.129 e. The van der Waals surface area contributed by atoms with Gasteiger partial charge in [0.15, 0.2) is 0 Å². The number of nitrogen functional groups attached to an aromatic ring is 1. The first kappa shape index (κ1) is 16.7. The van der Waals surface area contributed by atoms with Gasteiger partial charge in [0.05, 0.1) is 19.4 Å². The van der Waals surface area contributed by atoms with Gasteiger partial charge in [-0.1, -0.05) is 17.3 Å². The Morgan fingerprint density at radius 1 is 1.30 bits per heavy atom. The molecule has 0 saturated carbocycles. The highest BCUT2D eigenvalue weighted by Crippen LogP contribution is 2.06. The molecule has 0 bridgehead atoms. The highest BCUT2D eigenvalue weighted by molar-refractivity contribution is 5.85. The Hall–Kier alpha value is -1.34. The Morgan fingerprint density at radius 3 is 2.65 bits per heavy atom. The number of ether oxygens (including phenoxy) is 1. The maximum atomic E-state index is 5.29. The first-order valence-electron chi connectivity index (χ1n) is 6.40. The van der Waals surface area contributed by atoms with E-state index >= 15 is 0 Å². The Bertz CT molecular complexity index is 394. The number of rotatable bonds is 6. The fraction of sp³-hybridized carbons (Fsp3) is 0.462.